The van der Waals surface area contributed by atoms with Gasteiger partial charge in [0.25, 0.3) is 5.91 Å². The van der Waals surface area contributed by atoms with Crippen molar-refractivity contribution in [2.24, 2.45) is 11.7 Å². The predicted molar refractivity (Wildman–Crippen MR) is 199 cm³/mol. The molecule has 0 spiro atoms. The van der Waals surface area contributed by atoms with Crippen LogP contribution in [-0.4, -0.2) is 78.9 Å². The number of benzene rings is 2. The van der Waals surface area contributed by atoms with Gasteiger partial charge in [-0.15, -0.1) is 0 Å². The number of hydrogen-bond donors (Lipinski definition) is 4. The van der Waals surface area contributed by atoms with Crippen molar-refractivity contribution in [3.63, 3.8) is 0 Å². The molecule has 5 N–H and O–H groups in total. The molecule has 4 atom stereocenters. The highest BCUT2D eigenvalue weighted by atomic mass is 16.5. The van der Waals surface area contributed by atoms with Crippen molar-refractivity contribution in [3.05, 3.63) is 102 Å². The lowest BCUT2D eigenvalue weighted by Crippen LogP contribution is -2.46. The molecule has 53 heavy (non-hydrogen) atoms. The minimum atomic E-state index is -0.884. The molecule has 0 saturated carbocycles. The zero-order valence-corrected chi connectivity index (χ0v) is 30.0. The van der Waals surface area contributed by atoms with Gasteiger partial charge in [-0.3, -0.25) is 14.6 Å². The summed E-state index contributed by atoms with van der Waals surface area (Å²) >= 11 is 0. The Kier molecular flexibility index (Phi) is 10.2. The first kappa shape index (κ1) is 35.4. The van der Waals surface area contributed by atoms with Crippen molar-refractivity contribution in [2.45, 2.75) is 63.7 Å². The first-order valence-corrected chi connectivity index (χ1v) is 18.0. The molecule has 2 aliphatic rings. The highest BCUT2D eigenvalue weighted by Gasteiger charge is 2.37. The maximum atomic E-state index is 13.9. The number of aromatic amines is 2. The first-order chi connectivity index (χ1) is 25.7. The Morgan fingerprint density at radius 1 is 0.887 bits per heavy atom. The van der Waals surface area contributed by atoms with Crippen molar-refractivity contribution in [3.8, 4) is 23.1 Å². The van der Waals surface area contributed by atoms with Crippen LogP contribution in [0.2, 0.25) is 0 Å². The maximum absolute atomic E-state index is 13.9. The number of fused-ring (bicyclic) bond motifs is 1. The van der Waals surface area contributed by atoms with Crippen LogP contribution in [0, 0.1) is 17.8 Å². The molecule has 13 nitrogen and oxygen atoms in total. The number of methoxy groups -OCH3 is 1. The van der Waals surface area contributed by atoms with Gasteiger partial charge in [0.1, 0.15) is 23.4 Å². The summed E-state index contributed by atoms with van der Waals surface area (Å²) in [5, 5.41) is 2.71. The average molecular weight is 714 g/mol. The van der Waals surface area contributed by atoms with Crippen LogP contribution in [-0.2, 0) is 14.3 Å². The third-order valence-corrected chi connectivity index (χ3v) is 10.0. The van der Waals surface area contributed by atoms with Crippen LogP contribution >= 0.6 is 0 Å². The van der Waals surface area contributed by atoms with E-state index in [2.05, 4.69) is 37.1 Å². The van der Waals surface area contributed by atoms with Gasteiger partial charge in [0.2, 0.25) is 5.91 Å². The summed E-state index contributed by atoms with van der Waals surface area (Å²) < 4.78 is 4.82. The summed E-state index contributed by atoms with van der Waals surface area (Å²) in [6.07, 6.45) is 6.05. The lowest BCUT2D eigenvalue weighted by atomic mass is 10.0. The highest BCUT2D eigenvalue weighted by Crippen LogP contribution is 2.35. The van der Waals surface area contributed by atoms with Gasteiger partial charge in [0, 0.05) is 30.4 Å². The molecular formula is C40H43N9O4. The number of carbonyl (C=O) groups excluding carboxylic acids is 3. The van der Waals surface area contributed by atoms with Gasteiger partial charge >= 0.3 is 6.09 Å². The topological polar surface area (TPSA) is 175 Å². The lowest BCUT2D eigenvalue weighted by Gasteiger charge is -2.28. The number of likely N-dealkylation sites (tertiary alicyclic amines) is 2. The van der Waals surface area contributed by atoms with Crippen molar-refractivity contribution in [2.75, 3.05) is 20.2 Å². The number of amides is 3. The molecule has 3 aromatic heterocycles. The van der Waals surface area contributed by atoms with E-state index in [0.717, 1.165) is 59.4 Å². The molecule has 0 radical (unpaired) electrons. The van der Waals surface area contributed by atoms with E-state index in [1.54, 1.807) is 17.3 Å². The Balaban J connectivity index is 1.04. The van der Waals surface area contributed by atoms with Crippen LogP contribution in [0.4, 0.5) is 4.79 Å². The highest BCUT2D eigenvalue weighted by molar-refractivity contribution is 5.88. The maximum Gasteiger partial charge on any atom is 0.407 e. The van der Waals surface area contributed by atoms with Gasteiger partial charge in [-0.25, -0.2) is 14.8 Å². The smallest absolute Gasteiger partial charge is 0.407 e. The van der Waals surface area contributed by atoms with Gasteiger partial charge in [-0.05, 0) is 67.4 Å². The van der Waals surface area contributed by atoms with E-state index in [0.29, 0.717) is 30.2 Å². The zero-order chi connectivity index (χ0) is 37.1. The van der Waals surface area contributed by atoms with Crippen LogP contribution in [0.5, 0.6) is 0 Å². The summed E-state index contributed by atoms with van der Waals surface area (Å²) in [5.41, 5.74) is 11.6. The minimum Gasteiger partial charge on any atom is -0.453 e. The first-order valence-electron chi connectivity index (χ1n) is 18.0. The number of nitrogens with zero attached hydrogens (tertiary/aromatic N) is 5. The van der Waals surface area contributed by atoms with E-state index in [1.807, 2.05) is 79.4 Å². The Morgan fingerprint density at radius 2 is 1.62 bits per heavy atom. The minimum absolute atomic E-state index is 0.0409. The number of nitrogens with two attached hydrogens (primary N) is 1. The van der Waals surface area contributed by atoms with E-state index in [9.17, 15) is 14.4 Å². The molecule has 13 heteroatoms. The van der Waals surface area contributed by atoms with Crippen LogP contribution in [0.15, 0.2) is 73.1 Å². The lowest BCUT2D eigenvalue weighted by molar-refractivity contribution is -0.135. The van der Waals surface area contributed by atoms with Crippen molar-refractivity contribution >= 4 is 28.9 Å². The molecule has 2 aliphatic heterocycles. The number of nitrogens with one attached hydrogen (secondary N) is 3. The molecule has 3 amide bonds. The number of carbonyl (C=O) groups is 3. The van der Waals surface area contributed by atoms with Crippen LogP contribution in [0.3, 0.4) is 0 Å². The summed E-state index contributed by atoms with van der Waals surface area (Å²) in [7, 11) is 1.28. The Hall–Kier alpha value is -6.00. The number of alkyl carbamates (subject to hydrolysis) is 1. The molecule has 2 aromatic carbocycles. The molecule has 0 bridgehead atoms. The molecular weight excluding hydrogens is 670 g/mol. The number of aromatic nitrogens is 5. The largest absolute Gasteiger partial charge is 0.453 e. The monoisotopic (exact) mass is 713 g/mol. The third kappa shape index (κ3) is 7.50. The second kappa shape index (κ2) is 15.3. The molecule has 0 unspecified atom stereocenters. The van der Waals surface area contributed by atoms with Crippen LogP contribution in [0.25, 0.3) is 22.3 Å². The summed E-state index contributed by atoms with van der Waals surface area (Å²) in [6.45, 7) is 5.13. The van der Waals surface area contributed by atoms with Crippen molar-refractivity contribution in [1.82, 2.24) is 40.0 Å². The molecule has 0 aliphatic carbocycles. The SMILES string of the molecule is COC(=O)N[C@@H](C(=O)N1CCC[C@H]1c1nc2ccc(-c3ccc(C#Cc4cnc([C@@H]5CCCN5C(=O)[C@@H](N)C(C)C)[nH]4)cn3)cc2[nH]1)c1ccccc1. The molecule has 272 valence electrons. The number of hydrogen-bond acceptors (Lipinski definition) is 8. The Labute approximate surface area is 307 Å². The zero-order valence-electron chi connectivity index (χ0n) is 30.0. The van der Waals surface area contributed by atoms with Gasteiger partial charge < -0.3 is 35.6 Å². The quantitative estimate of drug-likeness (QED) is 0.160. The van der Waals surface area contributed by atoms with Gasteiger partial charge in [-0.1, -0.05) is 56.2 Å². The van der Waals surface area contributed by atoms with Crippen LogP contribution < -0.4 is 11.1 Å². The van der Waals surface area contributed by atoms with Gasteiger partial charge in [0.05, 0.1) is 48.2 Å². The number of imidazole rings is 2. The molecule has 2 fully saturated rings. The molecule has 2 saturated heterocycles. The van der Waals surface area contributed by atoms with Crippen molar-refractivity contribution in [1.29, 1.82) is 0 Å². The van der Waals surface area contributed by atoms with E-state index < -0.39 is 18.2 Å². The van der Waals surface area contributed by atoms with Gasteiger partial charge in [0.15, 0.2) is 0 Å². The predicted octanol–water partition coefficient (Wildman–Crippen LogP) is 5.16. The fraction of sp³-hybridized carbons (Fsp3) is 0.350. The van der Waals surface area contributed by atoms with Gasteiger partial charge in [-0.2, -0.15) is 0 Å². The average Bonchev–Trinajstić information content (AvgIpc) is 4.01. The third-order valence-electron chi connectivity index (χ3n) is 10.0. The Bertz CT molecular complexity index is 2170. The van der Waals surface area contributed by atoms with E-state index in [-0.39, 0.29) is 29.8 Å². The van der Waals surface area contributed by atoms with E-state index in [1.165, 1.54) is 7.11 Å². The fourth-order valence-corrected chi connectivity index (χ4v) is 7.08. The second-order valence-electron chi connectivity index (χ2n) is 13.8. The number of ether oxygens (including phenoxy) is 1. The normalized spacial score (nSPS) is 18.1. The molecule has 5 aromatic rings. The number of H-pyrrole nitrogens is 2. The fourth-order valence-electron chi connectivity index (χ4n) is 7.08. The molecule has 5 heterocycles. The number of rotatable bonds is 8. The summed E-state index contributed by atoms with van der Waals surface area (Å²) in [5.74, 6) is 7.52. The van der Waals surface area contributed by atoms with Crippen molar-refractivity contribution < 1.29 is 19.1 Å². The standard InChI is InChI=1S/C40H43N9O4/c1-24(2)34(41)38(50)48-19-7-11-32(48)36-43-23-28(44-36)16-13-25-14-17-29(42-22-25)27-15-18-30-31(21-27)46-37(45-30)33-12-8-20-49(33)39(51)35(47-40(52)53-3)26-9-5-4-6-10-26/h4-6,9-10,14-15,17-18,21-24,32-35H,7-8,11-12,19-20,41H2,1-3H3,(H,43,44)(H,45,46)(H,47,52)/t32-,33-,34-,35+/m0/s1. The Morgan fingerprint density at radius 3 is 2.32 bits per heavy atom. The van der Waals surface area contributed by atoms with E-state index >= 15 is 0 Å². The van der Waals surface area contributed by atoms with E-state index in [4.69, 9.17) is 15.5 Å². The molecule has 7 rings (SSSR count). The van der Waals surface area contributed by atoms with Crippen LogP contribution in [0.1, 0.15) is 86.1 Å². The number of pyridine rings is 1. The summed E-state index contributed by atoms with van der Waals surface area (Å²) in [6, 6.07) is 17.1. The second-order valence-corrected chi connectivity index (χ2v) is 13.8. The summed E-state index contributed by atoms with van der Waals surface area (Å²) in [4.78, 5) is 63.5.